The minimum absolute atomic E-state index is 0.306. The highest BCUT2D eigenvalue weighted by molar-refractivity contribution is 5.85. The van der Waals surface area contributed by atoms with Gasteiger partial charge in [-0.15, -0.1) is 0 Å². The van der Waals surface area contributed by atoms with Gasteiger partial charge in [-0.05, 0) is 60.0 Å². The van der Waals surface area contributed by atoms with Crippen LogP contribution in [-0.2, 0) is 4.74 Å². The molecule has 0 radical (unpaired) electrons. The van der Waals surface area contributed by atoms with Crippen LogP contribution >= 0.6 is 0 Å². The van der Waals surface area contributed by atoms with Gasteiger partial charge in [0.25, 0.3) is 0 Å². The molecule has 0 aliphatic rings. The highest BCUT2D eigenvalue weighted by Gasteiger charge is 2.10. The summed E-state index contributed by atoms with van der Waals surface area (Å²) in [5.41, 5.74) is 5.39. The number of nitrogens with one attached hydrogen (secondary N) is 3. The van der Waals surface area contributed by atoms with Crippen molar-refractivity contribution in [3.05, 3.63) is 78.1 Å². The normalized spacial score (nSPS) is 10.5. The van der Waals surface area contributed by atoms with Crippen LogP contribution in [-0.4, -0.2) is 30.5 Å². The molecular formula is C25H23FN4O3. The first-order chi connectivity index (χ1) is 16.0. The van der Waals surface area contributed by atoms with Gasteiger partial charge in [-0.3, -0.25) is 10.4 Å². The third-order valence-electron chi connectivity index (χ3n) is 5.18. The fraction of sp³-hybridized carbons (Fsp3) is 0.120. The summed E-state index contributed by atoms with van der Waals surface area (Å²) in [7, 11) is 2.87. The van der Waals surface area contributed by atoms with E-state index in [1.54, 1.807) is 25.3 Å². The number of benzene rings is 3. The number of rotatable bonds is 6. The van der Waals surface area contributed by atoms with Gasteiger partial charge < -0.3 is 14.8 Å². The van der Waals surface area contributed by atoms with Crippen molar-refractivity contribution in [2.24, 2.45) is 0 Å². The van der Waals surface area contributed by atoms with Crippen molar-refractivity contribution in [2.75, 3.05) is 24.9 Å². The van der Waals surface area contributed by atoms with Crippen LogP contribution in [0.5, 0.6) is 5.75 Å². The molecule has 1 amide bonds. The maximum Gasteiger partial charge on any atom is 0.411 e. The summed E-state index contributed by atoms with van der Waals surface area (Å²) in [4.78, 5) is 11.4. The predicted molar refractivity (Wildman–Crippen MR) is 126 cm³/mol. The van der Waals surface area contributed by atoms with E-state index in [4.69, 9.17) is 4.74 Å². The molecule has 0 aliphatic heterocycles. The molecule has 0 spiro atoms. The third-order valence-corrected chi connectivity index (χ3v) is 5.18. The number of amides is 1. The zero-order valence-electron chi connectivity index (χ0n) is 18.4. The molecule has 7 nitrogen and oxygen atoms in total. The summed E-state index contributed by atoms with van der Waals surface area (Å²) < 4.78 is 24.1. The molecule has 4 rings (SSSR count). The van der Waals surface area contributed by atoms with Crippen LogP contribution in [0.3, 0.4) is 0 Å². The Bertz CT molecular complexity index is 1290. The van der Waals surface area contributed by atoms with E-state index >= 15 is 0 Å². The molecule has 0 aliphatic carbocycles. The van der Waals surface area contributed by atoms with Crippen molar-refractivity contribution in [2.45, 2.75) is 6.92 Å². The van der Waals surface area contributed by atoms with Crippen molar-refractivity contribution in [1.29, 1.82) is 0 Å². The van der Waals surface area contributed by atoms with Gasteiger partial charge in [0, 0.05) is 23.0 Å². The molecule has 0 saturated carbocycles. The molecule has 0 unspecified atom stereocenters. The zero-order chi connectivity index (χ0) is 23.4. The Morgan fingerprint density at radius 3 is 2.42 bits per heavy atom. The minimum Gasteiger partial charge on any atom is -0.497 e. The second-order valence-electron chi connectivity index (χ2n) is 7.36. The lowest BCUT2D eigenvalue weighted by atomic mass is 10.0. The van der Waals surface area contributed by atoms with Gasteiger partial charge in [0.05, 0.1) is 19.9 Å². The van der Waals surface area contributed by atoms with Crippen LogP contribution in [0.4, 0.5) is 26.4 Å². The molecule has 33 heavy (non-hydrogen) atoms. The third kappa shape index (κ3) is 4.95. The van der Waals surface area contributed by atoms with Gasteiger partial charge >= 0.3 is 6.09 Å². The Balaban J connectivity index is 1.49. The molecule has 4 aromatic rings. The number of H-pyrrole nitrogens is 1. The molecule has 1 heterocycles. The number of carbonyl (C=O) groups is 1. The molecule has 0 bridgehead atoms. The zero-order valence-corrected chi connectivity index (χ0v) is 18.4. The first kappa shape index (κ1) is 21.9. The Morgan fingerprint density at radius 1 is 0.970 bits per heavy atom. The van der Waals surface area contributed by atoms with Crippen molar-refractivity contribution < 1.29 is 18.7 Å². The lowest BCUT2D eigenvalue weighted by Crippen LogP contribution is -2.11. The number of hydrogen-bond acceptors (Lipinski definition) is 5. The standard InChI is InChI=1S/C25H23FN4O3/c1-15-12-18(27-25(31)33-3)8-11-22(15)28-24-14-23(29-30-24)17-6-4-16(5-7-17)20-13-19(32-2)9-10-21(20)26/h4-14H,1-3H3,(H,27,31)(H2,28,29,30). The Morgan fingerprint density at radius 2 is 1.73 bits per heavy atom. The summed E-state index contributed by atoms with van der Waals surface area (Å²) in [6.07, 6.45) is -0.521. The van der Waals surface area contributed by atoms with E-state index in [0.717, 1.165) is 28.1 Å². The van der Waals surface area contributed by atoms with E-state index in [1.807, 2.05) is 49.4 Å². The average molecular weight is 446 g/mol. The van der Waals surface area contributed by atoms with Gasteiger partial charge in [-0.2, -0.15) is 5.10 Å². The Kier molecular flexibility index (Phi) is 6.26. The minimum atomic E-state index is -0.521. The summed E-state index contributed by atoms with van der Waals surface area (Å²) in [6.45, 7) is 1.93. The molecule has 8 heteroatoms. The molecular weight excluding hydrogens is 423 g/mol. The number of anilines is 3. The van der Waals surface area contributed by atoms with E-state index in [1.165, 1.54) is 13.2 Å². The fourth-order valence-electron chi connectivity index (χ4n) is 3.40. The first-order valence-electron chi connectivity index (χ1n) is 10.2. The maximum atomic E-state index is 14.3. The number of aromatic amines is 1. The number of aryl methyl sites for hydroxylation is 1. The fourth-order valence-corrected chi connectivity index (χ4v) is 3.40. The number of hydrogen-bond donors (Lipinski definition) is 3. The topological polar surface area (TPSA) is 88.3 Å². The molecule has 0 saturated heterocycles. The number of ether oxygens (including phenoxy) is 2. The van der Waals surface area contributed by atoms with Gasteiger partial charge in [0.15, 0.2) is 5.82 Å². The SMILES string of the molecule is COC(=O)Nc1ccc(Nc2cc(-c3ccc(-c4cc(OC)ccc4F)cc3)[nH]n2)c(C)c1. The summed E-state index contributed by atoms with van der Waals surface area (Å²) in [5, 5.41) is 13.2. The van der Waals surface area contributed by atoms with Crippen LogP contribution in [0.2, 0.25) is 0 Å². The quantitative estimate of drug-likeness (QED) is 0.332. The monoisotopic (exact) mass is 446 g/mol. The van der Waals surface area contributed by atoms with Gasteiger partial charge in [0.1, 0.15) is 11.6 Å². The maximum absolute atomic E-state index is 14.3. The molecule has 3 N–H and O–H groups in total. The number of aromatic nitrogens is 2. The van der Waals surface area contributed by atoms with E-state index in [0.29, 0.717) is 22.8 Å². The molecule has 1 aromatic heterocycles. The number of carbonyl (C=O) groups excluding carboxylic acids is 1. The van der Waals surface area contributed by atoms with E-state index < -0.39 is 6.09 Å². The summed E-state index contributed by atoms with van der Waals surface area (Å²) in [5.74, 6) is 0.939. The van der Waals surface area contributed by atoms with Crippen molar-refractivity contribution >= 4 is 23.3 Å². The Hall–Kier alpha value is -4.33. The van der Waals surface area contributed by atoms with Crippen LogP contribution in [0.25, 0.3) is 22.4 Å². The lowest BCUT2D eigenvalue weighted by Gasteiger charge is -2.10. The van der Waals surface area contributed by atoms with E-state index in [9.17, 15) is 9.18 Å². The van der Waals surface area contributed by atoms with Gasteiger partial charge in [0.2, 0.25) is 0 Å². The highest BCUT2D eigenvalue weighted by Crippen LogP contribution is 2.30. The lowest BCUT2D eigenvalue weighted by molar-refractivity contribution is 0.187. The second-order valence-corrected chi connectivity index (χ2v) is 7.36. The average Bonchev–Trinajstić information content (AvgIpc) is 3.30. The van der Waals surface area contributed by atoms with Crippen LogP contribution in [0.1, 0.15) is 5.56 Å². The van der Waals surface area contributed by atoms with Gasteiger partial charge in [-0.25, -0.2) is 9.18 Å². The smallest absolute Gasteiger partial charge is 0.411 e. The molecule has 168 valence electrons. The van der Waals surface area contributed by atoms with Crippen LogP contribution < -0.4 is 15.4 Å². The molecule has 3 aromatic carbocycles. The Labute approximate surface area is 190 Å². The van der Waals surface area contributed by atoms with Crippen molar-refractivity contribution in [3.8, 4) is 28.1 Å². The first-order valence-corrected chi connectivity index (χ1v) is 10.2. The van der Waals surface area contributed by atoms with Crippen molar-refractivity contribution in [3.63, 3.8) is 0 Å². The summed E-state index contributed by atoms with van der Waals surface area (Å²) in [6, 6.07) is 19.6. The molecule has 0 fully saturated rings. The second kappa shape index (κ2) is 9.44. The molecule has 0 atom stereocenters. The van der Waals surface area contributed by atoms with Crippen LogP contribution in [0.15, 0.2) is 66.7 Å². The number of halogens is 1. The van der Waals surface area contributed by atoms with Crippen LogP contribution in [0, 0.1) is 12.7 Å². The van der Waals surface area contributed by atoms with E-state index in [-0.39, 0.29) is 5.82 Å². The number of methoxy groups -OCH3 is 2. The largest absolute Gasteiger partial charge is 0.497 e. The highest BCUT2D eigenvalue weighted by atomic mass is 19.1. The number of nitrogens with zero attached hydrogens (tertiary/aromatic N) is 1. The van der Waals surface area contributed by atoms with E-state index in [2.05, 4.69) is 25.6 Å². The summed E-state index contributed by atoms with van der Waals surface area (Å²) >= 11 is 0. The van der Waals surface area contributed by atoms with Gasteiger partial charge in [-0.1, -0.05) is 24.3 Å². The van der Waals surface area contributed by atoms with Crippen molar-refractivity contribution in [1.82, 2.24) is 10.2 Å². The predicted octanol–water partition coefficient (Wildman–Crippen LogP) is 6.12.